The van der Waals surface area contributed by atoms with Gasteiger partial charge in [-0.1, -0.05) is 18.2 Å². The van der Waals surface area contributed by atoms with Crippen molar-refractivity contribution < 1.29 is 17.9 Å². The lowest BCUT2D eigenvalue weighted by atomic mass is 10.1. The molecule has 0 radical (unpaired) electrons. The standard InChI is InChI=1S/C20H22N2O4S2/c1-22(2)18(17-13-27-19-7-5-4-6-16(17)19)12-21-28(24,25)15-10-8-14(9-11-15)20(23)26-3/h4-11,13,18,21H,12H2,1-3H3. The molecule has 1 heterocycles. The molecular weight excluding hydrogens is 396 g/mol. The average Bonchev–Trinajstić information content (AvgIpc) is 3.11. The lowest BCUT2D eigenvalue weighted by Crippen LogP contribution is -2.34. The van der Waals surface area contributed by atoms with E-state index in [-0.39, 0.29) is 17.5 Å². The van der Waals surface area contributed by atoms with E-state index in [0.717, 1.165) is 10.9 Å². The molecule has 1 aromatic heterocycles. The van der Waals surface area contributed by atoms with Gasteiger partial charge in [-0.15, -0.1) is 11.3 Å². The highest BCUT2D eigenvalue weighted by molar-refractivity contribution is 7.89. The Morgan fingerprint density at radius 3 is 2.46 bits per heavy atom. The van der Waals surface area contributed by atoms with E-state index >= 15 is 0 Å². The highest BCUT2D eigenvalue weighted by atomic mass is 32.2. The highest BCUT2D eigenvalue weighted by Gasteiger charge is 2.22. The molecule has 2 aromatic carbocycles. The number of esters is 1. The van der Waals surface area contributed by atoms with Gasteiger partial charge >= 0.3 is 5.97 Å². The molecule has 3 rings (SSSR count). The molecule has 1 unspecified atom stereocenters. The zero-order chi connectivity index (χ0) is 20.3. The lowest BCUT2D eigenvalue weighted by Gasteiger charge is -2.24. The number of likely N-dealkylation sites (N-methyl/N-ethyl adjacent to an activating group) is 1. The van der Waals surface area contributed by atoms with Gasteiger partial charge in [0.25, 0.3) is 0 Å². The molecule has 0 aliphatic carbocycles. The van der Waals surface area contributed by atoms with E-state index in [1.165, 1.54) is 36.1 Å². The summed E-state index contributed by atoms with van der Waals surface area (Å²) < 4.78 is 33.9. The van der Waals surface area contributed by atoms with Crippen LogP contribution < -0.4 is 4.72 Å². The summed E-state index contributed by atoms with van der Waals surface area (Å²) in [6, 6.07) is 13.7. The van der Waals surface area contributed by atoms with Crippen LogP contribution in [0.2, 0.25) is 0 Å². The fraction of sp³-hybridized carbons (Fsp3) is 0.250. The van der Waals surface area contributed by atoms with Crippen molar-refractivity contribution in [2.45, 2.75) is 10.9 Å². The fourth-order valence-corrected chi connectivity index (χ4v) is 5.03. The number of nitrogens with zero attached hydrogens (tertiary/aromatic N) is 1. The molecule has 0 amide bonds. The van der Waals surface area contributed by atoms with Gasteiger partial charge < -0.3 is 9.64 Å². The molecule has 0 spiro atoms. The van der Waals surface area contributed by atoms with Crippen LogP contribution in [0.1, 0.15) is 22.0 Å². The number of nitrogens with one attached hydrogen (secondary N) is 1. The number of sulfonamides is 1. The minimum atomic E-state index is -3.71. The monoisotopic (exact) mass is 418 g/mol. The van der Waals surface area contributed by atoms with Gasteiger partial charge in [0.05, 0.1) is 17.6 Å². The van der Waals surface area contributed by atoms with Gasteiger partial charge in [0.2, 0.25) is 10.0 Å². The number of thiophene rings is 1. The van der Waals surface area contributed by atoms with E-state index in [4.69, 9.17) is 0 Å². The summed E-state index contributed by atoms with van der Waals surface area (Å²) >= 11 is 1.65. The van der Waals surface area contributed by atoms with Crippen molar-refractivity contribution in [3.63, 3.8) is 0 Å². The van der Waals surface area contributed by atoms with Crippen LogP contribution in [-0.4, -0.2) is 47.0 Å². The van der Waals surface area contributed by atoms with Gasteiger partial charge in [0.15, 0.2) is 0 Å². The predicted molar refractivity (Wildman–Crippen MR) is 111 cm³/mol. The number of fused-ring (bicyclic) bond motifs is 1. The number of carbonyl (C=O) groups is 1. The topological polar surface area (TPSA) is 75.7 Å². The van der Waals surface area contributed by atoms with E-state index in [0.29, 0.717) is 5.56 Å². The molecule has 1 N–H and O–H groups in total. The fourth-order valence-electron chi connectivity index (χ4n) is 2.99. The summed E-state index contributed by atoms with van der Waals surface area (Å²) in [5.41, 5.74) is 1.40. The Morgan fingerprint density at radius 2 is 1.82 bits per heavy atom. The largest absolute Gasteiger partial charge is 0.465 e. The molecule has 0 bridgehead atoms. The maximum Gasteiger partial charge on any atom is 0.337 e. The van der Waals surface area contributed by atoms with Crippen molar-refractivity contribution in [2.75, 3.05) is 27.7 Å². The summed E-state index contributed by atoms with van der Waals surface area (Å²) in [6.45, 7) is 0.231. The molecule has 0 saturated heterocycles. The molecule has 0 aliphatic rings. The van der Waals surface area contributed by atoms with Gasteiger partial charge in [0.1, 0.15) is 0 Å². The Kier molecular flexibility index (Phi) is 6.14. The van der Waals surface area contributed by atoms with Gasteiger partial charge in [-0.25, -0.2) is 17.9 Å². The third-order valence-electron chi connectivity index (χ3n) is 4.55. The maximum atomic E-state index is 12.7. The van der Waals surface area contributed by atoms with Crippen LogP contribution in [0, 0.1) is 0 Å². The van der Waals surface area contributed by atoms with Gasteiger partial charge in [-0.2, -0.15) is 0 Å². The van der Waals surface area contributed by atoms with Crippen LogP contribution in [0.25, 0.3) is 10.1 Å². The number of benzene rings is 2. The van der Waals surface area contributed by atoms with E-state index in [1.807, 2.05) is 31.1 Å². The van der Waals surface area contributed by atoms with Crippen LogP contribution in [-0.2, 0) is 14.8 Å². The molecule has 0 saturated carbocycles. The van der Waals surface area contributed by atoms with Gasteiger partial charge in [0, 0.05) is 17.3 Å². The number of rotatable bonds is 7. The van der Waals surface area contributed by atoms with E-state index in [9.17, 15) is 13.2 Å². The molecule has 1 atom stereocenters. The van der Waals surface area contributed by atoms with E-state index in [2.05, 4.69) is 27.0 Å². The first-order chi connectivity index (χ1) is 13.3. The molecule has 8 heteroatoms. The quantitative estimate of drug-likeness (QED) is 0.596. The van der Waals surface area contributed by atoms with Crippen molar-refractivity contribution in [1.82, 2.24) is 9.62 Å². The number of ether oxygens (including phenoxy) is 1. The summed E-state index contributed by atoms with van der Waals surface area (Å²) in [4.78, 5) is 13.6. The molecule has 28 heavy (non-hydrogen) atoms. The summed E-state index contributed by atoms with van der Waals surface area (Å²) in [5, 5.41) is 3.21. The molecule has 148 valence electrons. The molecular formula is C20H22N2O4S2. The lowest BCUT2D eigenvalue weighted by molar-refractivity contribution is 0.0600. The van der Waals surface area contributed by atoms with Gasteiger partial charge in [-0.3, -0.25) is 0 Å². The maximum absolute atomic E-state index is 12.7. The molecule has 0 fully saturated rings. The Hall–Kier alpha value is -2.26. The van der Waals surface area contributed by atoms with E-state index in [1.54, 1.807) is 11.3 Å². The second kappa shape index (κ2) is 8.40. The number of methoxy groups -OCH3 is 1. The predicted octanol–water partition coefficient (Wildman–Crippen LogP) is 3.27. The van der Waals surface area contributed by atoms with E-state index < -0.39 is 16.0 Å². The Labute approximate surface area is 168 Å². The molecule has 6 nitrogen and oxygen atoms in total. The Balaban J connectivity index is 1.80. The third kappa shape index (κ3) is 4.25. The second-order valence-corrected chi connectivity index (χ2v) is 9.21. The minimum Gasteiger partial charge on any atom is -0.465 e. The molecule has 3 aromatic rings. The van der Waals surface area contributed by atoms with Crippen molar-refractivity contribution >= 4 is 37.4 Å². The van der Waals surface area contributed by atoms with Crippen LogP contribution >= 0.6 is 11.3 Å². The Bertz CT molecular complexity index is 1070. The second-order valence-electron chi connectivity index (χ2n) is 6.53. The van der Waals surface area contributed by atoms with Crippen LogP contribution in [0.3, 0.4) is 0 Å². The zero-order valence-electron chi connectivity index (χ0n) is 15.9. The van der Waals surface area contributed by atoms with Crippen molar-refractivity contribution in [3.05, 3.63) is 65.0 Å². The SMILES string of the molecule is COC(=O)c1ccc(S(=O)(=O)NCC(c2csc3ccccc23)N(C)C)cc1. The third-order valence-corrected chi connectivity index (χ3v) is 6.97. The smallest absolute Gasteiger partial charge is 0.337 e. The normalized spacial score (nSPS) is 13.0. The van der Waals surface area contributed by atoms with Crippen molar-refractivity contribution in [2.24, 2.45) is 0 Å². The Morgan fingerprint density at radius 1 is 1.14 bits per heavy atom. The zero-order valence-corrected chi connectivity index (χ0v) is 17.5. The first-order valence-corrected chi connectivity index (χ1v) is 11.0. The van der Waals surface area contributed by atoms with Crippen LogP contribution in [0.5, 0.6) is 0 Å². The summed E-state index contributed by atoms with van der Waals surface area (Å²) in [5.74, 6) is -0.506. The van der Waals surface area contributed by atoms with Crippen molar-refractivity contribution in [1.29, 1.82) is 0 Å². The average molecular weight is 419 g/mol. The van der Waals surface area contributed by atoms with Crippen molar-refractivity contribution in [3.8, 4) is 0 Å². The minimum absolute atomic E-state index is 0.104. The first kappa shape index (κ1) is 20.5. The number of carbonyl (C=O) groups excluding carboxylic acids is 1. The van der Waals surface area contributed by atoms with Crippen LogP contribution in [0.4, 0.5) is 0 Å². The first-order valence-electron chi connectivity index (χ1n) is 8.64. The summed E-state index contributed by atoms with van der Waals surface area (Å²) in [6.07, 6.45) is 0. The van der Waals surface area contributed by atoms with Gasteiger partial charge in [-0.05, 0) is 60.8 Å². The number of hydrogen-bond donors (Lipinski definition) is 1. The highest BCUT2D eigenvalue weighted by Crippen LogP contribution is 2.32. The number of hydrogen-bond acceptors (Lipinski definition) is 6. The molecule has 0 aliphatic heterocycles. The van der Waals surface area contributed by atoms with Crippen LogP contribution in [0.15, 0.2) is 58.8 Å². The summed E-state index contributed by atoms with van der Waals surface area (Å²) in [7, 11) is 1.43.